The fourth-order valence-corrected chi connectivity index (χ4v) is 2.57. The second-order valence-electron chi connectivity index (χ2n) is 5.89. The molecule has 28 heavy (non-hydrogen) atoms. The van der Waals surface area contributed by atoms with E-state index in [4.69, 9.17) is 4.74 Å². The van der Waals surface area contributed by atoms with E-state index in [1.807, 2.05) is 0 Å². The molecule has 3 aromatic rings. The molecule has 0 saturated carbocycles. The van der Waals surface area contributed by atoms with Crippen molar-refractivity contribution in [1.82, 2.24) is 9.55 Å². The Morgan fingerprint density at radius 3 is 2.54 bits per heavy atom. The molecule has 0 aliphatic rings. The van der Waals surface area contributed by atoms with Gasteiger partial charge in [-0.1, -0.05) is 12.1 Å². The number of methoxy groups -OCH3 is 1. The molecular weight excluding hydrogens is 362 g/mol. The molecule has 3 rings (SSSR count). The second kappa shape index (κ2) is 7.75. The van der Waals surface area contributed by atoms with Crippen molar-refractivity contribution in [2.45, 2.75) is 6.92 Å². The van der Waals surface area contributed by atoms with Gasteiger partial charge in [0, 0.05) is 11.8 Å². The number of carbonyl (C=O) groups excluding carboxylic acids is 1. The number of aliphatic imine (C=N–C) groups is 1. The number of Topliss-reactive ketones (excluding diaryl/α,β-unsaturated/α-hetero) is 1. The van der Waals surface area contributed by atoms with Gasteiger partial charge in [-0.3, -0.25) is 19.6 Å². The van der Waals surface area contributed by atoms with Gasteiger partial charge in [0.1, 0.15) is 11.3 Å². The number of hydrogen-bond acceptors (Lipinski definition) is 6. The number of ketones is 1. The lowest BCUT2D eigenvalue weighted by molar-refractivity contribution is 0.101. The lowest BCUT2D eigenvalue weighted by Crippen LogP contribution is -2.31. The van der Waals surface area contributed by atoms with Crippen LogP contribution >= 0.6 is 0 Å². The van der Waals surface area contributed by atoms with Crippen molar-refractivity contribution >= 4 is 17.7 Å². The third-order valence-electron chi connectivity index (χ3n) is 4.05. The molecule has 8 nitrogen and oxygen atoms in total. The normalized spacial score (nSPS) is 10.9. The minimum atomic E-state index is -0.789. The summed E-state index contributed by atoms with van der Waals surface area (Å²) in [4.78, 5) is 42.1. The summed E-state index contributed by atoms with van der Waals surface area (Å²) in [5.41, 5.74) is -0.525. The first-order chi connectivity index (χ1) is 13.4. The number of carbonyl (C=O) groups is 1. The Kier molecular flexibility index (Phi) is 5.21. The van der Waals surface area contributed by atoms with Crippen LogP contribution in [0.2, 0.25) is 0 Å². The Balaban J connectivity index is 2.07. The van der Waals surface area contributed by atoms with Gasteiger partial charge < -0.3 is 9.84 Å². The van der Waals surface area contributed by atoms with Crippen molar-refractivity contribution in [3.63, 3.8) is 0 Å². The lowest BCUT2D eigenvalue weighted by Gasteiger charge is -2.10. The first-order valence-electron chi connectivity index (χ1n) is 8.28. The minimum absolute atomic E-state index is 0.120. The monoisotopic (exact) mass is 379 g/mol. The predicted octanol–water partition coefficient (Wildman–Crippen LogP) is 2.19. The third-order valence-corrected chi connectivity index (χ3v) is 4.05. The molecule has 1 aromatic heterocycles. The topological polar surface area (TPSA) is 114 Å². The Bertz CT molecular complexity index is 1170. The molecule has 0 saturated heterocycles. The molecule has 0 aliphatic heterocycles. The van der Waals surface area contributed by atoms with Crippen LogP contribution in [-0.4, -0.2) is 33.8 Å². The SMILES string of the molecule is COc1ccc(-n2c(O)c(C=Nc3cccc(C(C)=O)c3)c(=O)[nH]c2=O)cc1. The van der Waals surface area contributed by atoms with Crippen LogP contribution in [0.3, 0.4) is 0 Å². The van der Waals surface area contributed by atoms with Gasteiger partial charge in [-0.05, 0) is 43.3 Å². The highest BCUT2D eigenvalue weighted by atomic mass is 16.5. The molecule has 0 atom stereocenters. The van der Waals surface area contributed by atoms with Gasteiger partial charge in [0.25, 0.3) is 5.56 Å². The highest BCUT2D eigenvalue weighted by Crippen LogP contribution is 2.20. The first-order valence-corrected chi connectivity index (χ1v) is 8.28. The number of nitrogens with one attached hydrogen (secondary N) is 1. The maximum absolute atomic E-state index is 12.2. The number of H-pyrrole nitrogens is 1. The van der Waals surface area contributed by atoms with Gasteiger partial charge in [0.2, 0.25) is 5.88 Å². The summed E-state index contributed by atoms with van der Waals surface area (Å²) >= 11 is 0. The highest BCUT2D eigenvalue weighted by molar-refractivity contribution is 5.95. The molecule has 0 aliphatic carbocycles. The third kappa shape index (κ3) is 3.75. The van der Waals surface area contributed by atoms with Gasteiger partial charge >= 0.3 is 5.69 Å². The Hall–Kier alpha value is -3.94. The van der Waals surface area contributed by atoms with E-state index in [0.717, 1.165) is 10.8 Å². The first kappa shape index (κ1) is 18.8. The minimum Gasteiger partial charge on any atom is -0.497 e. The van der Waals surface area contributed by atoms with Crippen molar-refractivity contribution < 1.29 is 14.6 Å². The number of aromatic nitrogens is 2. The molecule has 0 radical (unpaired) electrons. The van der Waals surface area contributed by atoms with E-state index in [-0.39, 0.29) is 11.3 Å². The van der Waals surface area contributed by atoms with Crippen molar-refractivity contribution in [2.24, 2.45) is 4.99 Å². The van der Waals surface area contributed by atoms with Gasteiger partial charge in [-0.2, -0.15) is 0 Å². The molecule has 1 heterocycles. The Labute approximate surface area is 159 Å². The molecule has 0 bridgehead atoms. The Morgan fingerprint density at radius 1 is 1.18 bits per heavy atom. The quantitative estimate of drug-likeness (QED) is 0.521. The molecule has 0 fully saturated rings. The number of rotatable bonds is 5. The van der Waals surface area contributed by atoms with E-state index < -0.39 is 17.1 Å². The zero-order valence-corrected chi connectivity index (χ0v) is 15.2. The average Bonchev–Trinajstić information content (AvgIpc) is 2.68. The number of aromatic hydroxyl groups is 1. The van der Waals surface area contributed by atoms with E-state index in [1.165, 1.54) is 14.0 Å². The van der Waals surface area contributed by atoms with Crippen LogP contribution in [0.25, 0.3) is 5.69 Å². The summed E-state index contributed by atoms with van der Waals surface area (Å²) in [6, 6.07) is 12.9. The van der Waals surface area contributed by atoms with E-state index in [9.17, 15) is 19.5 Å². The smallest absolute Gasteiger partial charge is 0.335 e. The maximum atomic E-state index is 12.2. The number of aromatic amines is 1. The summed E-state index contributed by atoms with van der Waals surface area (Å²) < 4.78 is 6.02. The zero-order valence-electron chi connectivity index (χ0n) is 15.2. The molecule has 0 unspecified atom stereocenters. The summed E-state index contributed by atoms with van der Waals surface area (Å²) in [6.07, 6.45) is 1.15. The summed E-state index contributed by atoms with van der Waals surface area (Å²) in [5, 5.41) is 10.5. The van der Waals surface area contributed by atoms with Crippen LogP contribution < -0.4 is 16.0 Å². The number of benzene rings is 2. The second-order valence-corrected chi connectivity index (χ2v) is 5.89. The maximum Gasteiger partial charge on any atom is 0.335 e. The van der Waals surface area contributed by atoms with Crippen molar-refractivity contribution in [3.8, 4) is 17.3 Å². The molecule has 8 heteroatoms. The Morgan fingerprint density at radius 2 is 1.89 bits per heavy atom. The van der Waals surface area contributed by atoms with Gasteiger partial charge in [0.15, 0.2) is 5.78 Å². The highest BCUT2D eigenvalue weighted by Gasteiger charge is 2.14. The van der Waals surface area contributed by atoms with Gasteiger partial charge in [0.05, 0.1) is 18.5 Å². The van der Waals surface area contributed by atoms with E-state index >= 15 is 0 Å². The molecule has 2 N–H and O–H groups in total. The van der Waals surface area contributed by atoms with Crippen molar-refractivity contribution in [3.05, 3.63) is 80.5 Å². The van der Waals surface area contributed by atoms with Crippen LogP contribution in [0.1, 0.15) is 22.8 Å². The van der Waals surface area contributed by atoms with Crippen LogP contribution in [0.4, 0.5) is 5.69 Å². The predicted molar refractivity (Wildman–Crippen MR) is 105 cm³/mol. The molecule has 0 amide bonds. The summed E-state index contributed by atoms with van der Waals surface area (Å²) in [7, 11) is 1.51. The summed E-state index contributed by atoms with van der Waals surface area (Å²) in [5.74, 6) is -0.0935. The zero-order chi connectivity index (χ0) is 20.3. The van der Waals surface area contributed by atoms with Crippen molar-refractivity contribution in [1.29, 1.82) is 0 Å². The van der Waals surface area contributed by atoms with Crippen LogP contribution in [-0.2, 0) is 0 Å². The number of ether oxygens (including phenoxy) is 1. The van der Waals surface area contributed by atoms with E-state index in [1.54, 1.807) is 48.5 Å². The van der Waals surface area contributed by atoms with Crippen LogP contribution in [0, 0.1) is 0 Å². The van der Waals surface area contributed by atoms with Gasteiger partial charge in [-0.15, -0.1) is 0 Å². The number of hydrogen-bond donors (Lipinski definition) is 2. The molecule has 2 aromatic carbocycles. The van der Waals surface area contributed by atoms with Gasteiger partial charge in [-0.25, -0.2) is 9.36 Å². The average molecular weight is 379 g/mol. The molecule has 142 valence electrons. The summed E-state index contributed by atoms with van der Waals surface area (Å²) in [6.45, 7) is 1.43. The van der Waals surface area contributed by atoms with Crippen molar-refractivity contribution in [2.75, 3.05) is 7.11 Å². The largest absolute Gasteiger partial charge is 0.497 e. The standard InChI is InChI=1S/C20H17N3O5/c1-12(24)13-4-3-5-14(10-13)21-11-17-18(25)22-20(27)23(19(17)26)15-6-8-16(28-2)9-7-15/h3-11,26H,1-2H3,(H,22,25,27). The van der Waals surface area contributed by atoms with Crippen LogP contribution in [0.5, 0.6) is 11.6 Å². The fourth-order valence-electron chi connectivity index (χ4n) is 2.57. The number of nitrogens with zero attached hydrogens (tertiary/aromatic N) is 2. The molecule has 0 spiro atoms. The fraction of sp³-hybridized carbons (Fsp3) is 0.100. The molecular formula is C20H17N3O5. The lowest BCUT2D eigenvalue weighted by atomic mass is 10.1. The van der Waals surface area contributed by atoms with E-state index in [2.05, 4.69) is 9.98 Å². The van der Waals surface area contributed by atoms with E-state index in [0.29, 0.717) is 22.7 Å². The van der Waals surface area contributed by atoms with Crippen LogP contribution in [0.15, 0.2) is 63.1 Å².